The van der Waals surface area contributed by atoms with Crippen LogP contribution >= 0.6 is 0 Å². The lowest BCUT2D eigenvalue weighted by atomic mass is 10.0. The van der Waals surface area contributed by atoms with Gasteiger partial charge in [0.15, 0.2) is 0 Å². The van der Waals surface area contributed by atoms with E-state index in [4.69, 9.17) is 5.73 Å². The highest BCUT2D eigenvalue weighted by molar-refractivity contribution is 5.82. The van der Waals surface area contributed by atoms with E-state index in [1.165, 1.54) is 0 Å². The number of aliphatic imine (C=N–C) groups is 1. The van der Waals surface area contributed by atoms with E-state index in [2.05, 4.69) is 20.6 Å². The number of hydrogen-bond acceptors (Lipinski definition) is 4. The van der Waals surface area contributed by atoms with Crippen LogP contribution in [0.15, 0.2) is 53.9 Å². The van der Waals surface area contributed by atoms with Gasteiger partial charge in [0.05, 0.1) is 24.0 Å². The molecule has 5 heteroatoms. The van der Waals surface area contributed by atoms with E-state index in [1.807, 2.05) is 36.7 Å². The van der Waals surface area contributed by atoms with E-state index in [9.17, 15) is 5.11 Å². The maximum Gasteiger partial charge on any atom is 0.0995 e. The predicted octanol–water partition coefficient (Wildman–Crippen LogP) is 2.36. The van der Waals surface area contributed by atoms with Crippen molar-refractivity contribution >= 4 is 5.84 Å². The molecule has 0 amide bonds. The molecule has 0 spiro atoms. The second-order valence-corrected chi connectivity index (χ2v) is 6.04. The van der Waals surface area contributed by atoms with Gasteiger partial charge >= 0.3 is 0 Å². The van der Waals surface area contributed by atoms with Crippen LogP contribution in [0.25, 0.3) is 11.3 Å². The SMILES string of the molecule is CC(O)Cc1c(-c2ccccc2)ncn1CC1C=CN=C(N)C1. The summed E-state index contributed by atoms with van der Waals surface area (Å²) in [7, 11) is 0. The lowest BCUT2D eigenvalue weighted by molar-refractivity contribution is 0.192. The topological polar surface area (TPSA) is 76.4 Å². The first kappa shape index (κ1) is 15.5. The third-order valence-electron chi connectivity index (χ3n) is 3.98. The van der Waals surface area contributed by atoms with E-state index in [0.717, 1.165) is 29.9 Å². The van der Waals surface area contributed by atoms with Crippen LogP contribution in [0, 0.1) is 5.92 Å². The summed E-state index contributed by atoms with van der Waals surface area (Å²) in [5, 5.41) is 9.87. The number of aliphatic hydroxyl groups is 1. The van der Waals surface area contributed by atoms with Crippen molar-refractivity contribution in [2.75, 3.05) is 0 Å². The molecular formula is C18H22N4O. The third-order valence-corrected chi connectivity index (χ3v) is 3.98. The fourth-order valence-corrected chi connectivity index (χ4v) is 2.92. The van der Waals surface area contributed by atoms with Gasteiger partial charge in [-0.25, -0.2) is 9.98 Å². The third kappa shape index (κ3) is 3.68. The molecule has 3 N–H and O–H groups in total. The van der Waals surface area contributed by atoms with Crippen LogP contribution in [0.1, 0.15) is 19.0 Å². The van der Waals surface area contributed by atoms with E-state index in [-0.39, 0.29) is 0 Å². The first-order valence-corrected chi connectivity index (χ1v) is 7.90. The van der Waals surface area contributed by atoms with E-state index < -0.39 is 6.10 Å². The molecule has 3 rings (SSSR count). The summed E-state index contributed by atoms with van der Waals surface area (Å²) >= 11 is 0. The molecule has 2 atom stereocenters. The predicted molar refractivity (Wildman–Crippen MR) is 91.9 cm³/mol. The molecule has 1 aliphatic heterocycles. The molecule has 0 bridgehead atoms. The zero-order chi connectivity index (χ0) is 16.2. The standard InChI is InChI=1S/C18H22N4O/c1-13(23)9-16-18(15-5-3-2-4-6-15)21-12-22(16)11-14-7-8-20-17(19)10-14/h2-8,12-14,23H,9-11H2,1H3,(H2,19,20). The van der Waals surface area contributed by atoms with Gasteiger partial charge in [-0.05, 0) is 6.92 Å². The zero-order valence-corrected chi connectivity index (χ0v) is 13.3. The molecule has 1 aliphatic rings. The van der Waals surface area contributed by atoms with Crippen molar-refractivity contribution in [1.82, 2.24) is 9.55 Å². The van der Waals surface area contributed by atoms with Crippen molar-refractivity contribution in [3.05, 3.63) is 54.6 Å². The Morgan fingerprint density at radius 3 is 2.83 bits per heavy atom. The summed E-state index contributed by atoms with van der Waals surface area (Å²) in [6.45, 7) is 2.59. The van der Waals surface area contributed by atoms with Crippen LogP contribution in [0.5, 0.6) is 0 Å². The normalized spacial score (nSPS) is 18.7. The molecule has 23 heavy (non-hydrogen) atoms. The largest absolute Gasteiger partial charge is 0.393 e. The second kappa shape index (κ2) is 6.79. The summed E-state index contributed by atoms with van der Waals surface area (Å²) in [4.78, 5) is 8.68. The molecule has 120 valence electrons. The summed E-state index contributed by atoms with van der Waals surface area (Å²) in [5.41, 5.74) is 8.89. The minimum absolute atomic E-state index is 0.304. The van der Waals surface area contributed by atoms with Gasteiger partial charge in [-0.3, -0.25) is 0 Å². The molecular weight excluding hydrogens is 288 g/mol. The van der Waals surface area contributed by atoms with Gasteiger partial charge in [-0.1, -0.05) is 36.4 Å². The monoisotopic (exact) mass is 310 g/mol. The minimum Gasteiger partial charge on any atom is -0.393 e. The average molecular weight is 310 g/mol. The van der Waals surface area contributed by atoms with Crippen molar-refractivity contribution in [2.24, 2.45) is 16.6 Å². The lowest BCUT2D eigenvalue weighted by Gasteiger charge is -2.18. The highest BCUT2D eigenvalue weighted by Gasteiger charge is 2.18. The van der Waals surface area contributed by atoms with Crippen molar-refractivity contribution < 1.29 is 5.11 Å². The number of hydrogen-bond donors (Lipinski definition) is 2. The number of nitrogens with two attached hydrogens (primary N) is 1. The number of benzene rings is 1. The van der Waals surface area contributed by atoms with Gasteiger partial charge in [-0.2, -0.15) is 0 Å². The number of aromatic nitrogens is 2. The molecule has 0 aliphatic carbocycles. The van der Waals surface area contributed by atoms with Gasteiger partial charge in [0.2, 0.25) is 0 Å². The minimum atomic E-state index is -0.415. The number of imidazole rings is 1. The first-order chi connectivity index (χ1) is 11.1. The Morgan fingerprint density at radius 1 is 1.35 bits per heavy atom. The number of amidine groups is 1. The van der Waals surface area contributed by atoms with Crippen LogP contribution in [-0.2, 0) is 13.0 Å². The molecule has 2 heterocycles. The summed E-state index contributed by atoms with van der Waals surface area (Å²) in [5.74, 6) is 0.969. The van der Waals surface area contributed by atoms with E-state index in [0.29, 0.717) is 18.2 Å². The molecule has 0 radical (unpaired) electrons. The van der Waals surface area contributed by atoms with Gasteiger partial charge in [0, 0.05) is 42.8 Å². The summed E-state index contributed by atoms with van der Waals surface area (Å²) < 4.78 is 2.13. The smallest absolute Gasteiger partial charge is 0.0995 e. The van der Waals surface area contributed by atoms with Gasteiger partial charge in [0.1, 0.15) is 0 Å². The summed E-state index contributed by atoms with van der Waals surface area (Å²) in [6, 6.07) is 10.1. The molecule has 2 unspecified atom stereocenters. The van der Waals surface area contributed by atoms with Gasteiger partial charge in [0.25, 0.3) is 0 Å². The van der Waals surface area contributed by atoms with Crippen molar-refractivity contribution in [3.8, 4) is 11.3 Å². The Morgan fingerprint density at radius 2 is 2.13 bits per heavy atom. The van der Waals surface area contributed by atoms with Crippen molar-refractivity contribution in [1.29, 1.82) is 0 Å². The first-order valence-electron chi connectivity index (χ1n) is 7.90. The van der Waals surface area contributed by atoms with Gasteiger partial charge < -0.3 is 15.4 Å². The number of allylic oxidation sites excluding steroid dienone is 1. The lowest BCUT2D eigenvalue weighted by Crippen LogP contribution is -2.22. The van der Waals surface area contributed by atoms with E-state index in [1.54, 1.807) is 13.1 Å². The zero-order valence-electron chi connectivity index (χ0n) is 13.3. The highest BCUT2D eigenvalue weighted by atomic mass is 16.3. The fraction of sp³-hybridized carbons (Fsp3) is 0.333. The van der Waals surface area contributed by atoms with Crippen LogP contribution in [0.3, 0.4) is 0 Å². The van der Waals surface area contributed by atoms with Gasteiger partial charge in [-0.15, -0.1) is 0 Å². The Kier molecular flexibility index (Phi) is 4.57. The highest BCUT2D eigenvalue weighted by Crippen LogP contribution is 2.25. The molecule has 5 nitrogen and oxygen atoms in total. The second-order valence-electron chi connectivity index (χ2n) is 6.04. The Bertz CT molecular complexity index is 716. The number of rotatable bonds is 5. The van der Waals surface area contributed by atoms with Crippen molar-refractivity contribution in [2.45, 2.75) is 32.4 Å². The molecule has 0 fully saturated rings. The maximum atomic E-state index is 9.87. The summed E-state index contributed by atoms with van der Waals surface area (Å²) in [6.07, 6.45) is 6.61. The number of aliphatic hydroxyl groups excluding tert-OH is 1. The Labute approximate surface area is 136 Å². The van der Waals surface area contributed by atoms with Crippen LogP contribution in [0.4, 0.5) is 0 Å². The van der Waals surface area contributed by atoms with Crippen LogP contribution < -0.4 is 5.73 Å². The molecule has 1 aromatic heterocycles. The quantitative estimate of drug-likeness (QED) is 0.890. The molecule has 0 saturated heterocycles. The average Bonchev–Trinajstić information content (AvgIpc) is 2.90. The molecule has 0 saturated carbocycles. The fourth-order valence-electron chi connectivity index (χ4n) is 2.92. The maximum absolute atomic E-state index is 9.87. The van der Waals surface area contributed by atoms with E-state index >= 15 is 0 Å². The Hall–Kier alpha value is -2.40. The van der Waals surface area contributed by atoms with Crippen molar-refractivity contribution in [3.63, 3.8) is 0 Å². The van der Waals surface area contributed by atoms with Crippen LogP contribution in [0.2, 0.25) is 0 Å². The Balaban J connectivity index is 1.90. The molecule has 1 aromatic carbocycles. The van der Waals surface area contributed by atoms with Crippen LogP contribution in [-0.4, -0.2) is 26.6 Å². The molecule has 2 aromatic rings. The number of nitrogens with zero attached hydrogens (tertiary/aromatic N) is 3.